The van der Waals surface area contributed by atoms with Gasteiger partial charge in [0, 0.05) is 13.3 Å². The first kappa shape index (κ1) is 104. The molecule has 0 saturated carbocycles. The molecular weight excluding hydrogens is 1600 g/mol. The van der Waals surface area contributed by atoms with E-state index in [0.29, 0.717) is 12.8 Å². The van der Waals surface area contributed by atoms with Crippen LogP contribution in [0.25, 0.3) is 0 Å². The van der Waals surface area contributed by atoms with E-state index in [-0.39, 0.29) is 12.3 Å². The van der Waals surface area contributed by atoms with E-state index < -0.39 is 286 Å². The van der Waals surface area contributed by atoms with Crippen molar-refractivity contribution in [2.75, 3.05) is 52.9 Å². The summed E-state index contributed by atoms with van der Waals surface area (Å²) in [5.41, 5.74) is 0. The number of aliphatic hydroxyl groups is 22. The van der Waals surface area contributed by atoms with E-state index in [9.17, 15) is 122 Å². The van der Waals surface area contributed by atoms with Crippen LogP contribution in [0.3, 0.4) is 0 Å². The number of ether oxygens (including phenoxy) is 14. The van der Waals surface area contributed by atoms with Gasteiger partial charge in [0.25, 0.3) is 0 Å². The van der Waals surface area contributed by atoms with Gasteiger partial charge >= 0.3 is 0 Å². The fourth-order valence-electron chi connectivity index (χ4n) is 16.2. The van der Waals surface area contributed by atoms with E-state index in [2.05, 4.69) is 24.5 Å². The average Bonchev–Trinajstić information content (AvgIpc) is 0.767. The molecule has 0 aromatic rings. The minimum absolute atomic E-state index is 0.172. The minimum atomic E-state index is -2.35. The molecule has 0 aromatic carbocycles. The Morgan fingerprint density at radius 2 is 0.608 bits per heavy atom. The topological polar surface area (TPSA) is 632 Å². The van der Waals surface area contributed by atoms with E-state index in [1.54, 1.807) is 6.08 Å². The number of carbonyl (C=O) groups is 2. The Morgan fingerprint density at radius 3 is 0.958 bits per heavy atom. The van der Waals surface area contributed by atoms with E-state index in [4.69, 9.17) is 66.3 Å². The van der Waals surface area contributed by atoms with Crippen molar-refractivity contribution in [3.05, 3.63) is 12.2 Å². The molecular formula is C80H144N2O38. The smallest absolute Gasteiger partial charge is 0.220 e. The Morgan fingerprint density at radius 1 is 0.325 bits per heavy atom. The summed E-state index contributed by atoms with van der Waals surface area (Å²) in [6.45, 7) is -2.19. The molecule has 40 nitrogen and oxygen atoms in total. The first-order chi connectivity index (χ1) is 57.7. The summed E-state index contributed by atoms with van der Waals surface area (Å²) in [5, 5.41) is 251. The summed E-state index contributed by atoms with van der Waals surface area (Å²) in [4.78, 5) is 25.7. The molecule has 0 aliphatic carbocycles. The highest BCUT2D eigenvalue weighted by Crippen LogP contribution is 2.39. The first-order valence-corrected chi connectivity index (χ1v) is 43.5. The van der Waals surface area contributed by atoms with Gasteiger partial charge in [-0.15, -0.1) is 0 Å². The first-order valence-electron chi connectivity index (χ1n) is 43.5. The summed E-state index contributed by atoms with van der Waals surface area (Å²) in [6.07, 6.45) is -35.1. The van der Waals surface area contributed by atoms with Gasteiger partial charge < -0.3 is 189 Å². The van der Waals surface area contributed by atoms with Gasteiger partial charge in [0.1, 0.15) is 171 Å². The van der Waals surface area contributed by atoms with E-state index in [0.717, 1.165) is 58.3 Å². The van der Waals surface area contributed by atoms with Crippen LogP contribution in [0.2, 0.25) is 0 Å². The number of aliphatic hydroxyl groups excluding tert-OH is 22. The lowest BCUT2D eigenvalue weighted by atomic mass is 9.94. The predicted molar refractivity (Wildman–Crippen MR) is 415 cm³/mol. The van der Waals surface area contributed by atoms with Crippen LogP contribution in [0.15, 0.2) is 12.2 Å². The Bertz CT molecular complexity index is 2800. The molecule has 0 spiro atoms. The molecule has 702 valence electrons. The molecule has 120 heavy (non-hydrogen) atoms. The van der Waals surface area contributed by atoms with Crippen LogP contribution < -0.4 is 10.6 Å². The van der Waals surface area contributed by atoms with E-state index in [1.165, 1.54) is 109 Å². The van der Waals surface area contributed by atoms with Crippen molar-refractivity contribution in [1.82, 2.24) is 10.6 Å². The van der Waals surface area contributed by atoms with Gasteiger partial charge in [0.05, 0.1) is 65.0 Å². The second kappa shape index (κ2) is 54.5. The lowest BCUT2D eigenvalue weighted by Gasteiger charge is -2.50. The number of rotatable bonds is 54. The highest BCUT2D eigenvalue weighted by Gasteiger charge is 2.59. The molecule has 37 atom stereocenters. The average molecular weight is 1740 g/mol. The summed E-state index contributed by atoms with van der Waals surface area (Å²) < 4.78 is 81.3. The molecule has 24 N–H and O–H groups in total. The van der Waals surface area contributed by atoms with Crippen LogP contribution in [-0.4, -0.2) is 404 Å². The third-order valence-corrected chi connectivity index (χ3v) is 23.4. The van der Waals surface area contributed by atoms with Crippen LogP contribution in [0.5, 0.6) is 0 Å². The number of hydrogen-bond donors (Lipinski definition) is 24. The second-order valence-corrected chi connectivity index (χ2v) is 32.7. The molecule has 0 radical (unpaired) electrons. The monoisotopic (exact) mass is 1740 g/mol. The van der Waals surface area contributed by atoms with Crippen molar-refractivity contribution < 1.29 is 188 Å². The van der Waals surface area contributed by atoms with Gasteiger partial charge in [0.2, 0.25) is 11.8 Å². The molecule has 2 amide bonds. The van der Waals surface area contributed by atoms with Crippen molar-refractivity contribution in [2.24, 2.45) is 0 Å². The molecule has 0 bridgehead atoms. The van der Waals surface area contributed by atoms with E-state index >= 15 is 0 Å². The number of carbonyl (C=O) groups excluding carboxylic acids is 2. The zero-order valence-corrected chi connectivity index (χ0v) is 69.3. The van der Waals surface area contributed by atoms with Crippen LogP contribution in [0.4, 0.5) is 0 Å². The largest absolute Gasteiger partial charge is 0.394 e. The number of allylic oxidation sites excluding steroid dienone is 1. The maximum atomic E-state index is 13.5. The minimum Gasteiger partial charge on any atom is -0.394 e. The molecule has 7 rings (SSSR count). The number of nitrogens with one attached hydrogen (secondary N) is 2. The van der Waals surface area contributed by atoms with Gasteiger partial charge in [-0.3, -0.25) is 9.59 Å². The van der Waals surface area contributed by atoms with Crippen LogP contribution in [-0.2, 0) is 75.9 Å². The van der Waals surface area contributed by atoms with Gasteiger partial charge in [-0.05, 0) is 19.3 Å². The molecule has 0 aromatic heterocycles. The third-order valence-electron chi connectivity index (χ3n) is 23.4. The zero-order valence-electron chi connectivity index (χ0n) is 69.3. The lowest BCUT2D eigenvalue weighted by molar-refractivity contribution is -0.399. The molecule has 14 unspecified atom stereocenters. The van der Waals surface area contributed by atoms with Gasteiger partial charge in [-0.1, -0.05) is 180 Å². The summed E-state index contributed by atoms with van der Waals surface area (Å²) in [5.74, 6) is -1.12. The van der Waals surface area contributed by atoms with Crippen molar-refractivity contribution in [1.29, 1.82) is 0 Å². The zero-order chi connectivity index (χ0) is 87.7. The van der Waals surface area contributed by atoms with Gasteiger partial charge in [0.15, 0.2) is 44.0 Å². The van der Waals surface area contributed by atoms with Crippen LogP contribution in [0, 0.1) is 0 Å². The number of unbranched alkanes of at least 4 members (excludes halogenated alkanes) is 25. The fourth-order valence-corrected chi connectivity index (χ4v) is 16.2. The van der Waals surface area contributed by atoms with E-state index in [1.807, 2.05) is 6.08 Å². The second-order valence-electron chi connectivity index (χ2n) is 32.7. The maximum Gasteiger partial charge on any atom is 0.220 e. The van der Waals surface area contributed by atoms with Crippen LogP contribution in [0.1, 0.15) is 201 Å². The summed E-state index contributed by atoms with van der Waals surface area (Å²) in [6, 6.07) is -2.69. The SMILES string of the molecule is CCCCCCCCCCCCC/C=C/[C@@H](O)[C@H](CO[C@@H]1OC(CO)[C@@H](O[C@@H]2OC(CO)[C@H](O[C@@H]3OC(CO)[C@H](O)[C@H](O[C@H]4OC(CO)[C@H](O)[C@H](O[C@H]5OC(CO)[C@H](O)[C@H](O[C@H]6OC(CO)[C@H](O)[C@H](O[C@@H]7OC(CO)[C@H](O)[C@H](O)C7NC(C)=O)C6O)C5O)C4O)C3O)[C@H](O)C2O)[C@H](O)C1O)NC(=O)CCCCCCCCCCCCCCCCC. The van der Waals surface area contributed by atoms with Crippen molar-refractivity contribution in [2.45, 2.75) is 428 Å². The number of hydrogen-bond acceptors (Lipinski definition) is 38. The van der Waals surface area contributed by atoms with Crippen molar-refractivity contribution in [3.63, 3.8) is 0 Å². The van der Waals surface area contributed by atoms with Gasteiger partial charge in [-0.2, -0.15) is 0 Å². The Hall–Kier alpha value is -2.76. The predicted octanol–water partition coefficient (Wildman–Crippen LogP) is -4.74. The molecule has 7 saturated heterocycles. The highest BCUT2D eigenvalue weighted by atomic mass is 16.8. The Balaban J connectivity index is 0.956. The summed E-state index contributed by atoms with van der Waals surface area (Å²) >= 11 is 0. The Labute approximate surface area is 700 Å². The lowest BCUT2D eigenvalue weighted by Crippen LogP contribution is -2.69. The van der Waals surface area contributed by atoms with Crippen LogP contribution >= 0.6 is 0 Å². The maximum absolute atomic E-state index is 13.5. The highest BCUT2D eigenvalue weighted by molar-refractivity contribution is 5.76. The number of amides is 2. The van der Waals surface area contributed by atoms with Gasteiger partial charge in [-0.25, -0.2) is 0 Å². The molecule has 7 aliphatic heterocycles. The third kappa shape index (κ3) is 29.9. The fraction of sp³-hybridized carbons (Fsp3) is 0.950. The molecule has 7 aliphatic rings. The van der Waals surface area contributed by atoms with Crippen molar-refractivity contribution >= 4 is 11.8 Å². The normalized spacial score (nSPS) is 39.5. The quantitative estimate of drug-likeness (QED) is 0.0201. The summed E-state index contributed by atoms with van der Waals surface area (Å²) in [7, 11) is 0. The van der Waals surface area contributed by atoms with Crippen molar-refractivity contribution in [3.8, 4) is 0 Å². The Kier molecular flexibility index (Phi) is 47.4. The standard InChI is InChI=1S/C80H144N2O38/c1-4-6-8-10-12-14-16-18-19-21-23-25-27-29-31-33-52(92)82-43(44(91)32-30-28-26-24-22-20-17-15-13-11-9-7-5-2)41-107-75-62(101)60(99)68(50(39-88)113-75)115-76-63(102)61(100)69(51(40-89)114-76)116-77-65(104)71(56(95)47(36-85)109-77)118-79-67(106)73(58(97)49(38-87)111-79)120-80-66(105)72(57(96)48(37-86)112-80)119-78-64(103)70(55(94)46(35-84)110-78)117-74-53(81-42(3)90)59(98)54(93)45(34-83)108-74/h30,32,43-51,53-80,83-89,91,93-106H,4-29,31,33-41H2,1-3H3,(H,81,90)(H,82,92)/b32-30+/t43-,44+,45?,46?,47?,48?,49?,50?,51?,53?,54-,55-,56-,57-,58-,59+,60+,61+,62?,63?,64?,65?,66?,67?,68+,69-,70-,71-,72-,73-,74-,75+,76-,77-,78+,79+,80+/m0/s1. The molecule has 7 fully saturated rings. The molecule has 7 heterocycles. The molecule has 40 heteroatoms.